The van der Waals surface area contributed by atoms with Gasteiger partial charge in [-0.15, -0.1) is 0 Å². The van der Waals surface area contributed by atoms with Crippen molar-refractivity contribution in [1.82, 2.24) is 0 Å². The number of rotatable bonds is 1. The van der Waals surface area contributed by atoms with E-state index < -0.39 is 0 Å². The average Bonchev–Trinajstić information content (AvgIpc) is 3.20. The molecule has 1 saturated carbocycles. The summed E-state index contributed by atoms with van der Waals surface area (Å²) < 4.78 is 0. The maximum absolute atomic E-state index is 12.6. The van der Waals surface area contributed by atoms with E-state index in [0.29, 0.717) is 6.04 Å². The molecule has 1 aromatic carbocycles. The Kier molecular flexibility index (Phi) is 2.80. The van der Waals surface area contributed by atoms with Crippen molar-refractivity contribution in [2.75, 3.05) is 22.9 Å². The highest BCUT2D eigenvalue weighted by Crippen LogP contribution is 2.40. The second kappa shape index (κ2) is 4.26. The molecular formula is C16H22N2O. The SMILES string of the molecule is CC(C)(C)C(=O)N1CCN(C2CC2)c2ccccc21. The van der Waals surface area contributed by atoms with E-state index in [1.807, 2.05) is 31.7 Å². The highest BCUT2D eigenvalue weighted by atomic mass is 16.2. The molecule has 0 saturated heterocycles. The van der Waals surface area contributed by atoms with Crippen LogP contribution in [0.15, 0.2) is 24.3 Å². The van der Waals surface area contributed by atoms with Crippen LogP contribution in [0.5, 0.6) is 0 Å². The molecule has 0 bridgehead atoms. The van der Waals surface area contributed by atoms with Gasteiger partial charge in [-0.25, -0.2) is 0 Å². The van der Waals surface area contributed by atoms with Crippen molar-refractivity contribution in [2.45, 2.75) is 39.7 Å². The Morgan fingerprint density at radius 1 is 1.11 bits per heavy atom. The van der Waals surface area contributed by atoms with Gasteiger partial charge in [-0.1, -0.05) is 32.9 Å². The van der Waals surface area contributed by atoms with Gasteiger partial charge in [-0.05, 0) is 25.0 Å². The molecule has 0 aromatic heterocycles. The molecule has 2 aliphatic rings. The number of fused-ring (bicyclic) bond motifs is 1. The van der Waals surface area contributed by atoms with E-state index in [0.717, 1.165) is 18.8 Å². The van der Waals surface area contributed by atoms with Crippen molar-refractivity contribution >= 4 is 17.3 Å². The Morgan fingerprint density at radius 3 is 2.32 bits per heavy atom. The van der Waals surface area contributed by atoms with Crippen molar-refractivity contribution in [1.29, 1.82) is 0 Å². The molecule has 0 spiro atoms. The zero-order valence-corrected chi connectivity index (χ0v) is 12.0. The monoisotopic (exact) mass is 258 g/mol. The van der Waals surface area contributed by atoms with Gasteiger partial charge < -0.3 is 9.80 Å². The Balaban J connectivity index is 1.97. The van der Waals surface area contributed by atoms with Crippen LogP contribution in [0.1, 0.15) is 33.6 Å². The molecule has 0 unspecified atom stereocenters. The van der Waals surface area contributed by atoms with E-state index in [1.165, 1.54) is 18.5 Å². The van der Waals surface area contributed by atoms with E-state index in [-0.39, 0.29) is 11.3 Å². The summed E-state index contributed by atoms with van der Waals surface area (Å²) >= 11 is 0. The van der Waals surface area contributed by atoms with Gasteiger partial charge in [0.25, 0.3) is 0 Å². The van der Waals surface area contributed by atoms with Crippen molar-refractivity contribution in [3.05, 3.63) is 24.3 Å². The number of carbonyl (C=O) groups excluding carboxylic acids is 1. The zero-order chi connectivity index (χ0) is 13.6. The van der Waals surface area contributed by atoms with Gasteiger partial charge >= 0.3 is 0 Å². The minimum Gasteiger partial charge on any atom is -0.365 e. The van der Waals surface area contributed by atoms with Crippen molar-refractivity contribution in [3.63, 3.8) is 0 Å². The molecule has 1 aliphatic carbocycles. The molecule has 1 fully saturated rings. The summed E-state index contributed by atoms with van der Waals surface area (Å²) in [6.07, 6.45) is 2.59. The Bertz CT molecular complexity index is 500. The van der Waals surface area contributed by atoms with E-state index in [2.05, 4.69) is 23.1 Å². The Labute approximate surface area is 115 Å². The first kappa shape index (κ1) is 12.5. The molecule has 0 radical (unpaired) electrons. The predicted octanol–water partition coefficient (Wildman–Crippen LogP) is 3.05. The van der Waals surface area contributed by atoms with Crippen LogP contribution >= 0.6 is 0 Å². The molecular weight excluding hydrogens is 236 g/mol. The van der Waals surface area contributed by atoms with Crippen LogP contribution in [0.4, 0.5) is 11.4 Å². The van der Waals surface area contributed by atoms with Gasteiger partial charge in [0.15, 0.2) is 0 Å². The Hall–Kier alpha value is -1.51. The van der Waals surface area contributed by atoms with E-state index >= 15 is 0 Å². The van der Waals surface area contributed by atoms with Crippen LogP contribution in [0.2, 0.25) is 0 Å². The minimum atomic E-state index is -0.325. The summed E-state index contributed by atoms with van der Waals surface area (Å²) in [6, 6.07) is 9.02. The predicted molar refractivity (Wildman–Crippen MR) is 78.6 cm³/mol. The van der Waals surface area contributed by atoms with Gasteiger partial charge in [-0.2, -0.15) is 0 Å². The third-order valence-electron chi connectivity index (χ3n) is 3.92. The van der Waals surface area contributed by atoms with Crippen molar-refractivity contribution < 1.29 is 4.79 Å². The lowest BCUT2D eigenvalue weighted by atomic mass is 9.93. The van der Waals surface area contributed by atoms with E-state index in [4.69, 9.17) is 0 Å². The van der Waals surface area contributed by atoms with Gasteiger partial charge in [0.2, 0.25) is 5.91 Å². The first-order chi connectivity index (χ1) is 8.98. The molecule has 1 aromatic rings. The van der Waals surface area contributed by atoms with Crippen LogP contribution in [0, 0.1) is 5.41 Å². The largest absolute Gasteiger partial charge is 0.365 e. The molecule has 0 atom stereocenters. The van der Waals surface area contributed by atoms with Crippen LogP contribution < -0.4 is 9.80 Å². The summed E-state index contributed by atoms with van der Waals surface area (Å²) in [6.45, 7) is 7.74. The number of benzene rings is 1. The number of anilines is 2. The lowest BCUT2D eigenvalue weighted by Crippen LogP contribution is -2.48. The first-order valence-electron chi connectivity index (χ1n) is 7.16. The van der Waals surface area contributed by atoms with E-state index in [9.17, 15) is 4.79 Å². The summed E-state index contributed by atoms with van der Waals surface area (Å²) in [5, 5.41) is 0. The summed E-state index contributed by atoms with van der Waals surface area (Å²) in [4.78, 5) is 17.0. The number of carbonyl (C=O) groups is 1. The van der Waals surface area contributed by atoms with Crippen molar-refractivity contribution in [2.24, 2.45) is 5.41 Å². The smallest absolute Gasteiger partial charge is 0.232 e. The molecule has 1 heterocycles. The number of nitrogens with zero attached hydrogens (tertiary/aromatic N) is 2. The molecule has 3 nitrogen and oxygen atoms in total. The topological polar surface area (TPSA) is 23.6 Å². The number of amides is 1. The molecule has 1 aliphatic heterocycles. The third-order valence-corrected chi connectivity index (χ3v) is 3.92. The maximum Gasteiger partial charge on any atom is 0.232 e. The fourth-order valence-electron chi connectivity index (χ4n) is 2.77. The highest BCUT2D eigenvalue weighted by molar-refractivity contribution is 6.00. The van der Waals surface area contributed by atoms with Gasteiger partial charge in [0.05, 0.1) is 11.4 Å². The zero-order valence-electron chi connectivity index (χ0n) is 12.0. The Morgan fingerprint density at radius 2 is 1.74 bits per heavy atom. The average molecular weight is 258 g/mol. The molecule has 102 valence electrons. The van der Waals surface area contributed by atoms with Crippen LogP contribution in [0.25, 0.3) is 0 Å². The normalized spacial score (nSPS) is 19.3. The summed E-state index contributed by atoms with van der Waals surface area (Å²) in [7, 11) is 0. The molecule has 19 heavy (non-hydrogen) atoms. The van der Waals surface area contributed by atoms with E-state index in [1.54, 1.807) is 0 Å². The summed E-state index contributed by atoms with van der Waals surface area (Å²) in [5.41, 5.74) is 1.99. The van der Waals surface area contributed by atoms with Crippen LogP contribution in [-0.2, 0) is 4.79 Å². The number of hydrogen-bond donors (Lipinski definition) is 0. The highest BCUT2D eigenvalue weighted by Gasteiger charge is 2.37. The minimum absolute atomic E-state index is 0.218. The summed E-state index contributed by atoms with van der Waals surface area (Å²) in [5.74, 6) is 0.218. The number of para-hydroxylation sites is 2. The molecule has 1 amide bonds. The fraction of sp³-hybridized carbons (Fsp3) is 0.562. The second-order valence-corrected chi connectivity index (χ2v) is 6.62. The maximum atomic E-state index is 12.6. The molecule has 3 heteroatoms. The van der Waals surface area contributed by atoms with Crippen molar-refractivity contribution in [3.8, 4) is 0 Å². The number of hydrogen-bond acceptors (Lipinski definition) is 2. The molecule has 0 N–H and O–H groups in total. The fourth-order valence-corrected chi connectivity index (χ4v) is 2.77. The second-order valence-electron chi connectivity index (χ2n) is 6.62. The van der Waals surface area contributed by atoms with Gasteiger partial charge in [-0.3, -0.25) is 4.79 Å². The lowest BCUT2D eigenvalue weighted by Gasteiger charge is -2.40. The lowest BCUT2D eigenvalue weighted by molar-refractivity contribution is -0.125. The van der Waals surface area contributed by atoms with Gasteiger partial charge in [0, 0.05) is 24.5 Å². The van der Waals surface area contributed by atoms with Gasteiger partial charge in [0.1, 0.15) is 0 Å². The van der Waals surface area contributed by atoms with Crippen LogP contribution in [-0.4, -0.2) is 25.0 Å². The third kappa shape index (κ3) is 2.22. The first-order valence-corrected chi connectivity index (χ1v) is 7.16. The quantitative estimate of drug-likeness (QED) is 0.773. The molecule has 3 rings (SSSR count). The van der Waals surface area contributed by atoms with Crippen LogP contribution in [0.3, 0.4) is 0 Å². The standard InChI is InChI=1S/C16H22N2O/c1-16(2,3)15(19)18-11-10-17(12-8-9-12)13-6-4-5-7-14(13)18/h4-7,12H,8-11H2,1-3H3.